The van der Waals surface area contributed by atoms with Crippen LogP contribution >= 0.6 is 27.7 Å². The van der Waals surface area contributed by atoms with E-state index >= 15 is 0 Å². The minimum atomic E-state index is 0.0428. The van der Waals surface area contributed by atoms with Gasteiger partial charge in [-0.05, 0) is 40.8 Å². The molecule has 56 valence electrons. The van der Waals surface area contributed by atoms with Gasteiger partial charge in [0.15, 0.2) is 5.78 Å². The third kappa shape index (κ3) is 4.76. The van der Waals surface area contributed by atoms with Crippen LogP contribution in [-0.4, -0.2) is 9.74 Å². The molecule has 0 aliphatic carbocycles. The van der Waals surface area contributed by atoms with Crippen LogP contribution in [0, 0.1) is 5.41 Å². The standard InChI is InChI=1S/C6H8BrNOS/c1-4(5(2)9)3-10-6(7)8/h3,8H,1-2H3/b4-3+,8-6?. The zero-order chi connectivity index (χ0) is 8.15. The highest BCUT2D eigenvalue weighted by molar-refractivity contribution is 9.22. The van der Waals surface area contributed by atoms with E-state index in [1.54, 1.807) is 12.3 Å². The van der Waals surface area contributed by atoms with Gasteiger partial charge in [-0.15, -0.1) is 0 Å². The molecule has 10 heavy (non-hydrogen) atoms. The quantitative estimate of drug-likeness (QED) is 0.443. The van der Waals surface area contributed by atoms with E-state index in [9.17, 15) is 4.79 Å². The van der Waals surface area contributed by atoms with Crippen molar-refractivity contribution in [3.05, 3.63) is 11.0 Å². The molecule has 0 spiro atoms. The van der Waals surface area contributed by atoms with E-state index < -0.39 is 0 Å². The molecule has 0 heterocycles. The molecule has 1 N–H and O–H groups in total. The van der Waals surface area contributed by atoms with E-state index in [-0.39, 0.29) is 5.78 Å². The van der Waals surface area contributed by atoms with E-state index in [4.69, 9.17) is 5.41 Å². The van der Waals surface area contributed by atoms with Crippen molar-refractivity contribution in [3.63, 3.8) is 0 Å². The van der Waals surface area contributed by atoms with Crippen LogP contribution in [0.4, 0.5) is 0 Å². The molecule has 2 nitrogen and oxygen atoms in total. The van der Waals surface area contributed by atoms with Crippen molar-refractivity contribution in [1.29, 1.82) is 5.41 Å². The minimum absolute atomic E-state index is 0.0428. The summed E-state index contributed by atoms with van der Waals surface area (Å²) in [6, 6.07) is 0. The second-order valence-electron chi connectivity index (χ2n) is 1.75. The fraction of sp³-hybridized carbons (Fsp3) is 0.333. The number of nitrogens with one attached hydrogen (secondary N) is 1. The van der Waals surface area contributed by atoms with E-state index in [1.807, 2.05) is 0 Å². The van der Waals surface area contributed by atoms with Gasteiger partial charge < -0.3 is 0 Å². The number of carbonyl (C=O) groups is 1. The Bertz CT molecular complexity index is 188. The lowest BCUT2D eigenvalue weighted by molar-refractivity contribution is -0.113. The first-order chi connectivity index (χ1) is 4.54. The molecular formula is C6H8BrNOS. The van der Waals surface area contributed by atoms with Crippen LogP contribution in [0.3, 0.4) is 0 Å². The molecule has 4 heteroatoms. The Morgan fingerprint density at radius 2 is 2.10 bits per heavy atom. The Hall–Kier alpha value is -0.0900. The summed E-state index contributed by atoms with van der Waals surface area (Å²) in [5, 5.41) is 8.60. The number of thioether (sulfide) groups is 1. The van der Waals surface area contributed by atoms with Crippen LogP contribution in [0.5, 0.6) is 0 Å². The predicted octanol–water partition coefficient (Wildman–Crippen LogP) is 2.54. The van der Waals surface area contributed by atoms with E-state index in [1.165, 1.54) is 18.7 Å². The second-order valence-corrected chi connectivity index (χ2v) is 3.95. The van der Waals surface area contributed by atoms with Gasteiger partial charge in [-0.2, -0.15) is 0 Å². The molecule has 0 saturated carbocycles. The third-order valence-electron chi connectivity index (χ3n) is 0.894. The first-order valence-corrected chi connectivity index (χ1v) is 4.29. The van der Waals surface area contributed by atoms with Crippen molar-refractivity contribution >= 4 is 37.4 Å². The SMILES string of the molecule is CC(=O)/C(C)=C/SC(=N)Br. The maximum atomic E-state index is 10.6. The number of halogens is 1. The molecule has 0 radical (unpaired) electrons. The van der Waals surface area contributed by atoms with Crippen LogP contribution in [0.1, 0.15) is 13.8 Å². The molecule has 0 fully saturated rings. The first kappa shape index (κ1) is 9.91. The minimum Gasteiger partial charge on any atom is -0.295 e. The number of allylic oxidation sites excluding steroid dienone is 1. The van der Waals surface area contributed by atoms with Gasteiger partial charge >= 0.3 is 0 Å². The molecule has 0 atom stereocenters. The number of rotatable bonds is 2. The van der Waals surface area contributed by atoms with E-state index in [0.29, 0.717) is 9.53 Å². The summed E-state index contributed by atoms with van der Waals surface area (Å²) in [5.41, 5.74) is 0.675. The zero-order valence-corrected chi connectivity index (χ0v) is 8.17. The summed E-state index contributed by atoms with van der Waals surface area (Å²) >= 11 is 4.13. The Morgan fingerprint density at radius 1 is 1.60 bits per heavy atom. The fourth-order valence-electron chi connectivity index (χ4n) is 0.223. The highest BCUT2D eigenvalue weighted by atomic mass is 79.9. The Morgan fingerprint density at radius 3 is 2.40 bits per heavy atom. The number of Topliss-reactive ketones (excluding diaryl/α,β-unsaturated/α-hetero) is 1. The lowest BCUT2D eigenvalue weighted by Crippen LogP contribution is -1.89. The van der Waals surface area contributed by atoms with Crippen molar-refractivity contribution in [2.75, 3.05) is 0 Å². The highest BCUT2D eigenvalue weighted by Gasteiger charge is 1.95. The maximum Gasteiger partial charge on any atom is 0.156 e. The molecule has 0 aromatic rings. The van der Waals surface area contributed by atoms with Crippen molar-refractivity contribution in [3.8, 4) is 0 Å². The Balaban J connectivity index is 3.92. The van der Waals surface area contributed by atoms with E-state index in [0.717, 1.165) is 0 Å². The smallest absolute Gasteiger partial charge is 0.156 e. The topological polar surface area (TPSA) is 40.9 Å². The zero-order valence-electron chi connectivity index (χ0n) is 5.77. The van der Waals surface area contributed by atoms with E-state index in [2.05, 4.69) is 15.9 Å². The van der Waals surface area contributed by atoms with Crippen LogP contribution in [0.15, 0.2) is 11.0 Å². The second kappa shape index (κ2) is 4.68. The lowest BCUT2D eigenvalue weighted by atomic mass is 10.2. The van der Waals surface area contributed by atoms with Crippen LogP contribution in [0.2, 0.25) is 0 Å². The third-order valence-corrected chi connectivity index (χ3v) is 2.13. The van der Waals surface area contributed by atoms with Crippen molar-refractivity contribution in [1.82, 2.24) is 0 Å². The molecule has 0 aliphatic heterocycles. The normalized spacial score (nSPS) is 11.3. The molecule has 0 bridgehead atoms. The molecule has 0 amide bonds. The fourth-order valence-corrected chi connectivity index (χ4v) is 0.950. The monoisotopic (exact) mass is 221 g/mol. The largest absolute Gasteiger partial charge is 0.295 e. The van der Waals surface area contributed by atoms with Gasteiger partial charge in [-0.25, -0.2) is 0 Å². The summed E-state index contributed by atoms with van der Waals surface area (Å²) in [6.07, 6.45) is 0. The number of hydrogen-bond donors (Lipinski definition) is 1. The predicted molar refractivity (Wildman–Crippen MR) is 48.7 cm³/mol. The highest BCUT2D eigenvalue weighted by Crippen LogP contribution is 2.12. The van der Waals surface area contributed by atoms with Crippen LogP contribution < -0.4 is 0 Å². The average Bonchev–Trinajstić information content (AvgIpc) is 1.82. The van der Waals surface area contributed by atoms with Crippen LogP contribution in [-0.2, 0) is 4.79 Å². The maximum absolute atomic E-state index is 10.6. The van der Waals surface area contributed by atoms with Gasteiger partial charge in [0, 0.05) is 0 Å². The average molecular weight is 222 g/mol. The lowest BCUT2D eigenvalue weighted by Gasteiger charge is -1.91. The summed E-state index contributed by atoms with van der Waals surface area (Å²) in [5.74, 6) is 0.0428. The number of ketones is 1. The van der Waals surface area contributed by atoms with Crippen LogP contribution in [0.25, 0.3) is 0 Å². The Kier molecular flexibility index (Phi) is 4.64. The van der Waals surface area contributed by atoms with Gasteiger partial charge in [0.2, 0.25) is 0 Å². The number of carbonyl (C=O) groups excluding carboxylic acids is 1. The number of hydrogen-bond acceptors (Lipinski definition) is 3. The van der Waals surface area contributed by atoms with Crippen molar-refractivity contribution in [2.45, 2.75) is 13.8 Å². The molecule has 0 rings (SSSR count). The van der Waals surface area contributed by atoms with Crippen molar-refractivity contribution in [2.24, 2.45) is 0 Å². The summed E-state index contributed by atoms with van der Waals surface area (Å²) in [4.78, 5) is 10.6. The molecule has 0 aromatic carbocycles. The van der Waals surface area contributed by atoms with Gasteiger partial charge in [-0.3, -0.25) is 10.2 Å². The van der Waals surface area contributed by atoms with Crippen molar-refractivity contribution < 1.29 is 4.79 Å². The summed E-state index contributed by atoms with van der Waals surface area (Å²) in [6.45, 7) is 3.23. The first-order valence-electron chi connectivity index (χ1n) is 2.62. The molecule has 0 saturated heterocycles. The van der Waals surface area contributed by atoms with Gasteiger partial charge in [0.1, 0.15) is 3.95 Å². The summed E-state index contributed by atoms with van der Waals surface area (Å²) < 4.78 is 0.313. The Labute approximate surface area is 72.7 Å². The van der Waals surface area contributed by atoms with Gasteiger partial charge in [-0.1, -0.05) is 11.8 Å². The molecule has 0 unspecified atom stereocenters. The van der Waals surface area contributed by atoms with Gasteiger partial charge in [0.05, 0.1) is 0 Å². The van der Waals surface area contributed by atoms with Gasteiger partial charge in [0.25, 0.3) is 0 Å². The molecule has 0 aromatic heterocycles. The summed E-state index contributed by atoms with van der Waals surface area (Å²) in [7, 11) is 0. The molecule has 0 aliphatic rings. The molecular weight excluding hydrogens is 214 g/mol.